The van der Waals surface area contributed by atoms with Crippen LogP contribution in [0.4, 0.5) is 4.39 Å². The maximum atomic E-state index is 13.2. The number of aliphatic imine (C=N–C) groups is 1. The highest BCUT2D eigenvalue weighted by atomic mass is 19.1. The molecule has 0 atom stereocenters. The first-order chi connectivity index (χ1) is 12.5. The Kier molecular flexibility index (Phi) is 4.92. The van der Waals surface area contributed by atoms with Gasteiger partial charge >= 0.3 is 0 Å². The molecule has 7 nitrogen and oxygen atoms in total. The molecule has 0 aliphatic carbocycles. The van der Waals surface area contributed by atoms with Gasteiger partial charge in [0, 0.05) is 24.9 Å². The molecule has 2 aliphatic rings. The van der Waals surface area contributed by atoms with Gasteiger partial charge in [0.25, 0.3) is 17.7 Å². The molecule has 2 aliphatic heterocycles. The topological polar surface area (TPSA) is 105 Å². The molecule has 0 aromatic heterocycles. The zero-order chi connectivity index (χ0) is 18.7. The number of nitrogens with zero attached hydrogens (tertiary/aromatic N) is 2. The molecule has 1 aromatic rings. The summed E-state index contributed by atoms with van der Waals surface area (Å²) in [5, 5.41) is 2.64. The predicted molar refractivity (Wildman–Crippen MR) is 93.2 cm³/mol. The molecule has 26 heavy (non-hydrogen) atoms. The zero-order valence-corrected chi connectivity index (χ0v) is 13.9. The van der Waals surface area contributed by atoms with Gasteiger partial charge in [0.15, 0.2) is 0 Å². The fourth-order valence-corrected chi connectivity index (χ4v) is 2.79. The first kappa shape index (κ1) is 17.5. The van der Waals surface area contributed by atoms with Crippen LogP contribution in [-0.2, 0) is 4.79 Å². The predicted octanol–water partition coefficient (Wildman–Crippen LogP) is 0.940. The lowest BCUT2D eigenvalue weighted by Crippen LogP contribution is -2.34. The van der Waals surface area contributed by atoms with E-state index in [-0.39, 0.29) is 30.1 Å². The first-order valence-electron chi connectivity index (χ1n) is 8.03. The van der Waals surface area contributed by atoms with Crippen molar-refractivity contribution in [3.05, 3.63) is 58.6 Å². The monoisotopic (exact) mass is 356 g/mol. The number of benzene rings is 1. The van der Waals surface area contributed by atoms with E-state index >= 15 is 0 Å². The summed E-state index contributed by atoms with van der Waals surface area (Å²) in [6.45, 7) is 0.159. The molecule has 3 amide bonds. The minimum absolute atomic E-state index is 0.103. The highest BCUT2D eigenvalue weighted by Crippen LogP contribution is 2.23. The van der Waals surface area contributed by atoms with E-state index in [1.165, 1.54) is 6.21 Å². The second kappa shape index (κ2) is 7.30. The maximum Gasteiger partial charge on any atom is 0.261 e. The van der Waals surface area contributed by atoms with E-state index in [2.05, 4.69) is 10.3 Å². The summed E-state index contributed by atoms with van der Waals surface area (Å²) in [4.78, 5) is 41.3. The molecule has 0 bridgehead atoms. The van der Waals surface area contributed by atoms with Crippen molar-refractivity contribution >= 4 is 23.9 Å². The van der Waals surface area contributed by atoms with Crippen molar-refractivity contribution in [3.8, 4) is 0 Å². The summed E-state index contributed by atoms with van der Waals surface area (Å²) < 4.78 is 13.2. The number of carbonyl (C=O) groups excluding carboxylic acids is 3. The van der Waals surface area contributed by atoms with Crippen molar-refractivity contribution in [2.24, 2.45) is 10.7 Å². The van der Waals surface area contributed by atoms with Crippen molar-refractivity contribution in [3.63, 3.8) is 0 Å². The van der Waals surface area contributed by atoms with Crippen LogP contribution < -0.4 is 11.1 Å². The molecular weight excluding hydrogens is 339 g/mol. The van der Waals surface area contributed by atoms with Gasteiger partial charge in [0.2, 0.25) is 0 Å². The van der Waals surface area contributed by atoms with Gasteiger partial charge in [-0.1, -0.05) is 12.1 Å². The Hall–Kier alpha value is -3.29. The summed E-state index contributed by atoms with van der Waals surface area (Å²) in [6.07, 6.45) is 2.13. The minimum atomic E-state index is -0.465. The summed E-state index contributed by atoms with van der Waals surface area (Å²) in [5.41, 5.74) is 7.18. The average molecular weight is 356 g/mol. The number of nitrogens with one attached hydrogen (secondary N) is 1. The normalized spacial score (nSPS) is 18.0. The van der Waals surface area contributed by atoms with Crippen LogP contribution in [0.2, 0.25) is 0 Å². The average Bonchev–Trinajstić information content (AvgIpc) is 2.88. The van der Waals surface area contributed by atoms with Crippen LogP contribution in [0.15, 0.2) is 52.4 Å². The van der Waals surface area contributed by atoms with Gasteiger partial charge < -0.3 is 11.1 Å². The van der Waals surface area contributed by atoms with Crippen LogP contribution in [0.5, 0.6) is 0 Å². The van der Waals surface area contributed by atoms with E-state index in [4.69, 9.17) is 5.73 Å². The van der Waals surface area contributed by atoms with Crippen LogP contribution in [-0.4, -0.2) is 48.5 Å². The number of hydrogen-bond acceptors (Lipinski definition) is 5. The summed E-state index contributed by atoms with van der Waals surface area (Å²) in [5.74, 6) is -1.26. The SMILES string of the molecule is NC1=C(C=NC/C(=C/F)CN2C(=O)c3ccccc3C2=O)C(=O)NCC1. The number of halogens is 1. The molecule has 3 N–H and O–H groups in total. The molecule has 0 radical (unpaired) electrons. The van der Waals surface area contributed by atoms with Gasteiger partial charge in [-0.05, 0) is 17.7 Å². The summed E-state index contributed by atoms with van der Waals surface area (Å²) in [6, 6.07) is 6.45. The third-order valence-electron chi connectivity index (χ3n) is 4.18. The van der Waals surface area contributed by atoms with Gasteiger partial charge in [-0.3, -0.25) is 24.3 Å². The molecule has 0 unspecified atom stereocenters. The van der Waals surface area contributed by atoms with Crippen molar-refractivity contribution in [1.29, 1.82) is 0 Å². The number of rotatable bonds is 5. The molecule has 0 fully saturated rings. The smallest absolute Gasteiger partial charge is 0.261 e. The van der Waals surface area contributed by atoms with Crippen molar-refractivity contribution < 1.29 is 18.8 Å². The van der Waals surface area contributed by atoms with Crippen LogP contribution in [0.3, 0.4) is 0 Å². The fraction of sp³-hybridized carbons (Fsp3) is 0.222. The van der Waals surface area contributed by atoms with Gasteiger partial charge in [-0.2, -0.15) is 0 Å². The number of nitrogens with two attached hydrogens (primary N) is 1. The van der Waals surface area contributed by atoms with Crippen LogP contribution >= 0.6 is 0 Å². The summed E-state index contributed by atoms with van der Waals surface area (Å²) >= 11 is 0. The number of hydrogen-bond donors (Lipinski definition) is 2. The molecular formula is C18H17FN4O3. The summed E-state index contributed by atoms with van der Waals surface area (Å²) in [7, 11) is 0. The van der Waals surface area contributed by atoms with Crippen molar-refractivity contribution in [2.75, 3.05) is 19.6 Å². The van der Waals surface area contributed by atoms with Gasteiger partial charge in [-0.25, -0.2) is 4.39 Å². The van der Waals surface area contributed by atoms with E-state index in [0.29, 0.717) is 36.1 Å². The fourth-order valence-electron chi connectivity index (χ4n) is 2.79. The van der Waals surface area contributed by atoms with Crippen molar-refractivity contribution in [1.82, 2.24) is 10.2 Å². The van der Waals surface area contributed by atoms with E-state index in [9.17, 15) is 18.8 Å². The van der Waals surface area contributed by atoms with E-state index < -0.39 is 11.8 Å². The largest absolute Gasteiger partial charge is 0.401 e. The molecule has 0 saturated heterocycles. The highest BCUT2D eigenvalue weighted by Gasteiger charge is 2.35. The first-order valence-corrected chi connectivity index (χ1v) is 8.03. The Morgan fingerprint density at radius 2 is 1.88 bits per heavy atom. The number of amides is 3. The van der Waals surface area contributed by atoms with Crippen LogP contribution in [0, 0.1) is 0 Å². The lowest BCUT2D eigenvalue weighted by molar-refractivity contribution is -0.117. The Bertz CT molecular complexity index is 838. The highest BCUT2D eigenvalue weighted by molar-refractivity contribution is 6.21. The molecule has 8 heteroatoms. The van der Waals surface area contributed by atoms with Gasteiger partial charge in [0.05, 0.1) is 36.1 Å². The molecule has 0 saturated carbocycles. The quantitative estimate of drug-likeness (QED) is 0.605. The lowest BCUT2D eigenvalue weighted by atomic mass is 10.1. The molecule has 1 aromatic carbocycles. The van der Waals surface area contributed by atoms with Gasteiger partial charge in [-0.15, -0.1) is 0 Å². The third-order valence-corrected chi connectivity index (χ3v) is 4.18. The Morgan fingerprint density at radius 1 is 1.23 bits per heavy atom. The number of fused-ring (bicyclic) bond motifs is 1. The molecule has 3 rings (SSSR count). The Balaban J connectivity index is 1.68. The van der Waals surface area contributed by atoms with Crippen LogP contribution in [0.1, 0.15) is 27.1 Å². The second-order valence-corrected chi connectivity index (χ2v) is 5.92. The standard InChI is InChI=1S/C18H17FN4O3/c19-7-11(8-21-9-14-15(20)5-6-22-16(14)24)10-23-17(25)12-3-1-2-4-13(12)18(23)26/h1-4,7,9H,5-6,8,10,20H2,(H,22,24)/b11-7-,21-9?. The minimum Gasteiger partial charge on any atom is -0.401 e. The van der Waals surface area contributed by atoms with E-state index in [1.807, 2.05) is 0 Å². The maximum absolute atomic E-state index is 13.2. The Morgan fingerprint density at radius 3 is 2.46 bits per heavy atom. The number of imide groups is 1. The zero-order valence-electron chi connectivity index (χ0n) is 13.9. The Labute approximate surface area is 149 Å². The molecule has 134 valence electrons. The third kappa shape index (κ3) is 3.26. The van der Waals surface area contributed by atoms with E-state index in [1.54, 1.807) is 24.3 Å². The van der Waals surface area contributed by atoms with Crippen LogP contribution in [0.25, 0.3) is 0 Å². The molecule has 2 heterocycles. The van der Waals surface area contributed by atoms with Gasteiger partial charge in [0.1, 0.15) is 0 Å². The lowest BCUT2D eigenvalue weighted by Gasteiger charge is -2.15. The second-order valence-electron chi connectivity index (χ2n) is 5.92. The molecule has 0 spiro atoms. The van der Waals surface area contributed by atoms with Crippen molar-refractivity contribution in [2.45, 2.75) is 6.42 Å². The van der Waals surface area contributed by atoms with E-state index in [0.717, 1.165) is 4.90 Å². The number of carbonyl (C=O) groups is 3.